The van der Waals surface area contributed by atoms with Crippen LogP contribution < -0.4 is 5.32 Å². The molecule has 2 N–H and O–H groups in total. The van der Waals surface area contributed by atoms with Crippen molar-refractivity contribution in [3.8, 4) is 0 Å². The summed E-state index contributed by atoms with van der Waals surface area (Å²) in [5.41, 5.74) is 3.15. The molecule has 0 spiro atoms. The van der Waals surface area contributed by atoms with Crippen LogP contribution in [0.5, 0.6) is 0 Å². The molecule has 0 bridgehead atoms. The van der Waals surface area contributed by atoms with E-state index < -0.39 is 12.1 Å². The van der Waals surface area contributed by atoms with E-state index >= 15 is 0 Å². The summed E-state index contributed by atoms with van der Waals surface area (Å²) in [5.74, 6) is -1.16. The number of carbonyl (C=O) groups excluding carboxylic acids is 3. The number of esters is 1. The molecule has 2 heterocycles. The van der Waals surface area contributed by atoms with Gasteiger partial charge in [-0.1, -0.05) is 18.2 Å². The van der Waals surface area contributed by atoms with E-state index in [0.29, 0.717) is 16.1 Å². The molecule has 146 valence electrons. The average Bonchev–Trinajstić information content (AvgIpc) is 3.09. The molecule has 2 aromatic heterocycles. The zero-order valence-corrected chi connectivity index (χ0v) is 17.2. The Hall–Kier alpha value is -2.93. The van der Waals surface area contributed by atoms with Crippen molar-refractivity contribution in [2.45, 2.75) is 40.7 Å². The molecule has 0 saturated heterocycles. The van der Waals surface area contributed by atoms with Gasteiger partial charge < -0.3 is 15.0 Å². The number of carbonyl (C=O) groups is 3. The van der Waals surface area contributed by atoms with Crippen molar-refractivity contribution >= 4 is 44.9 Å². The first-order chi connectivity index (χ1) is 13.2. The number of hydrogen-bond acceptors (Lipinski definition) is 5. The zero-order chi connectivity index (χ0) is 20.6. The average molecular weight is 398 g/mol. The summed E-state index contributed by atoms with van der Waals surface area (Å²) in [4.78, 5) is 41.3. The number of fused-ring (bicyclic) bond motifs is 1. The Bertz CT molecular complexity index is 1090. The summed E-state index contributed by atoms with van der Waals surface area (Å²) in [6, 6.07) is 7.51. The predicted molar refractivity (Wildman–Crippen MR) is 110 cm³/mol. The number of nitrogens with one attached hydrogen (secondary N) is 2. The van der Waals surface area contributed by atoms with Crippen molar-refractivity contribution in [3.63, 3.8) is 0 Å². The van der Waals surface area contributed by atoms with Gasteiger partial charge in [-0.05, 0) is 39.3 Å². The minimum Gasteiger partial charge on any atom is -0.451 e. The van der Waals surface area contributed by atoms with Gasteiger partial charge >= 0.3 is 5.97 Å². The van der Waals surface area contributed by atoms with E-state index in [-0.39, 0.29) is 11.7 Å². The molecular weight excluding hydrogens is 376 g/mol. The normalized spacial score (nSPS) is 12.0. The Morgan fingerprint density at radius 3 is 2.46 bits per heavy atom. The van der Waals surface area contributed by atoms with Crippen LogP contribution in [0.15, 0.2) is 24.3 Å². The number of ether oxygens (including phenoxy) is 1. The number of H-pyrrole nitrogens is 1. The largest absolute Gasteiger partial charge is 0.451 e. The van der Waals surface area contributed by atoms with E-state index in [1.807, 2.05) is 38.1 Å². The number of aryl methyl sites for hydroxylation is 2. The van der Waals surface area contributed by atoms with Crippen LogP contribution in [0.25, 0.3) is 10.9 Å². The third-order valence-electron chi connectivity index (χ3n) is 4.67. The van der Waals surface area contributed by atoms with Gasteiger partial charge in [-0.15, -0.1) is 11.3 Å². The first-order valence-electron chi connectivity index (χ1n) is 8.90. The first-order valence-corrected chi connectivity index (χ1v) is 9.72. The SMILES string of the molecule is CC(=O)Nc1sc(C)c(C)c1C(=O)O[C@H](C)C(=O)c1c(C)[nH]c2ccccc12. The molecule has 0 radical (unpaired) electrons. The summed E-state index contributed by atoms with van der Waals surface area (Å²) >= 11 is 1.31. The maximum atomic E-state index is 13.0. The second-order valence-corrected chi connectivity index (χ2v) is 7.98. The highest BCUT2D eigenvalue weighted by Gasteiger charge is 2.28. The van der Waals surface area contributed by atoms with Gasteiger partial charge in [0.25, 0.3) is 0 Å². The van der Waals surface area contributed by atoms with E-state index in [9.17, 15) is 14.4 Å². The highest BCUT2D eigenvalue weighted by Crippen LogP contribution is 2.33. The molecule has 0 aliphatic carbocycles. The number of rotatable bonds is 5. The molecule has 0 saturated carbocycles. The molecule has 1 atom stereocenters. The van der Waals surface area contributed by atoms with Gasteiger partial charge in [0.2, 0.25) is 11.7 Å². The van der Waals surface area contributed by atoms with Gasteiger partial charge in [0.05, 0.1) is 5.56 Å². The van der Waals surface area contributed by atoms with Crippen molar-refractivity contribution in [3.05, 3.63) is 51.5 Å². The fraction of sp³-hybridized carbons (Fsp3) is 0.286. The van der Waals surface area contributed by atoms with Crippen molar-refractivity contribution in [2.75, 3.05) is 5.32 Å². The van der Waals surface area contributed by atoms with Crippen molar-refractivity contribution in [1.82, 2.24) is 4.98 Å². The summed E-state index contributed by atoms with van der Waals surface area (Å²) in [6.07, 6.45) is -0.963. The minimum atomic E-state index is -0.963. The highest BCUT2D eigenvalue weighted by molar-refractivity contribution is 7.16. The molecule has 1 aromatic carbocycles. The zero-order valence-electron chi connectivity index (χ0n) is 16.4. The van der Waals surface area contributed by atoms with E-state index in [1.165, 1.54) is 18.3 Å². The Balaban J connectivity index is 1.88. The number of thiophene rings is 1. The van der Waals surface area contributed by atoms with Crippen LogP contribution in [0.2, 0.25) is 0 Å². The highest BCUT2D eigenvalue weighted by atomic mass is 32.1. The molecule has 6 nitrogen and oxygen atoms in total. The lowest BCUT2D eigenvalue weighted by Gasteiger charge is -2.14. The fourth-order valence-electron chi connectivity index (χ4n) is 3.19. The maximum absolute atomic E-state index is 13.0. The smallest absolute Gasteiger partial charge is 0.342 e. The maximum Gasteiger partial charge on any atom is 0.342 e. The van der Waals surface area contributed by atoms with Crippen LogP contribution in [0.4, 0.5) is 5.00 Å². The number of para-hydroxylation sites is 1. The third-order valence-corrected chi connectivity index (χ3v) is 5.79. The van der Waals surface area contributed by atoms with Crippen LogP contribution in [0.1, 0.15) is 50.7 Å². The van der Waals surface area contributed by atoms with Crippen molar-refractivity contribution in [1.29, 1.82) is 0 Å². The van der Waals surface area contributed by atoms with E-state index in [2.05, 4.69) is 10.3 Å². The number of ketones is 1. The van der Waals surface area contributed by atoms with E-state index in [0.717, 1.165) is 27.0 Å². The van der Waals surface area contributed by atoms with Crippen LogP contribution in [0, 0.1) is 20.8 Å². The molecule has 0 unspecified atom stereocenters. The number of amides is 1. The van der Waals surface area contributed by atoms with E-state index in [4.69, 9.17) is 4.74 Å². The summed E-state index contributed by atoms with van der Waals surface area (Å²) in [7, 11) is 0. The topological polar surface area (TPSA) is 88.3 Å². The Labute approximate surface area is 166 Å². The molecule has 0 fully saturated rings. The Morgan fingerprint density at radius 1 is 1.11 bits per heavy atom. The van der Waals surface area contributed by atoms with Crippen molar-refractivity contribution < 1.29 is 19.1 Å². The van der Waals surface area contributed by atoms with Gasteiger partial charge in [0.1, 0.15) is 5.00 Å². The lowest BCUT2D eigenvalue weighted by atomic mass is 10.0. The molecule has 3 aromatic rings. The minimum absolute atomic E-state index is 0.269. The monoisotopic (exact) mass is 398 g/mol. The van der Waals surface area contributed by atoms with Gasteiger partial charge in [-0.3, -0.25) is 9.59 Å². The molecule has 1 amide bonds. The van der Waals surface area contributed by atoms with Gasteiger partial charge in [0.15, 0.2) is 6.10 Å². The number of aromatic nitrogens is 1. The summed E-state index contributed by atoms with van der Waals surface area (Å²) < 4.78 is 5.50. The van der Waals surface area contributed by atoms with Crippen LogP contribution >= 0.6 is 11.3 Å². The summed E-state index contributed by atoms with van der Waals surface area (Å²) in [5, 5.41) is 3.91. The number of anilines is 1. The fourth-order valence-corrected chi connectivity index (χ4v) is 4.29. The van der Waals surface area contributed by atoms with Crippen LogP contribution in [-0.2, 0) is 9.53 Å². The summed E-state index contributed by atoms with van der Waals surface area (Å²) in [6.45, 7) is 8.43. The first kappa shape index (κ1) is 19.8. The Morgan fingerprint density at radius 2 is 1.79 bits per heavy atom. The number of benzene rings is 1. The molecule has 28 heavy (non-hydrogen) atoms. The van der Waals surface area contributed by atoms with Gasteiger partial charge in [-0.25, -0.2) is 4.79 Å². The van der Waals surface area contributed by atoms with E-state index in [1.54, 1.807) is 13.8 Å². The molecule has 3 rings (SSSR count). The van der Waals surface area contributed by atoms with Crippen LogP contribution in [0.3, 0.4) is 0 Å². The Kier molecular flexibility index (Phi) is 5.38. The number of hydrogen-bond donors (Lipinski definition) is 2. The third kappa shape index (κ3) is 3.57. The molecule has 0 aliphatic rings. The second-order valence-electron chi connectivity index (χ2n) is 6.75. The molecule has 0 aliphatic heterocycles. The lowest BCUT2D eigenvalue weighted by molar-refractivity contribution is -0.114. The molecule has 7 heteroatoms. The van der Waals surface area contributed by atoms with Crippen molar-refractivity contribution in [2.24, 2.45) is 0 Å². The quantitative estimate of drug-likeness (QED) is 0.488. The lowest BCUT2D eigenvalue weighted by Crippen LogP contribution is -2.25. The number of aromatic amines is 1. The number of Topliss-reactive ketones (excluding diaryl/α,β-unsaturated/α-hetero) is 1. The second kappa shape index (κ2) is 7.59. The van der Waals surface area contributed by atoms with Gasteiger partial charge in [0, 0.05) is 34.0 Å². The standard InChI is InChI=1S/C21H22N2O4S/c1-10-13(4)28-20(23-14(5)24)17(10)21(26)27-12(3)19(25)18-11(2)22-16-9-7-6-8-15(16)18/h6-9,12,22H,1-5H3,(H,23,24)/t12-/m1/s1. The predicted octanol–water partition coefficient (Wildman–Crippen LogP) is 4.54. The molecular formula is C21H22N2O4S. The van der Waals surface area contributed by atoms with Gasteiger partial charge in [-0.2, -0.15) is 0 Å². The van der Waals surface area contributed by atoms with Crippen LogP contribution in [-0.4, -0.2) is 28.7 Å².